The smallest absolute Gasteiger partial charge is 0.183 e. The molecule has 0 aliphatic rings. The molecule has 0 aliphatic heterocycles. The van der Waals surface area contributed by atoms with Crippen LogP contribution in [0.15, 0.2) is 12.1 Å². The van der Waals surface area contributed by atoms with Crippen LogP contribution < -0.4 is 5.32 Å². The fourth-order valence-corrected chi connectivity index (χ4v) is 1.53. The Hall–Kier alpha value is -1.67. The van der Waals surface area contributed by atoms with Crippen molar-refractivity contribution in [3.8, 4) is 6.07 Å². The molecule has 0 fully saturated rings. The molecule has 1 N–H and O–H groups in total. The van der Waals surface area contributed by atoms with Gasteiger partial charge in [-0.25, -0.2) is 8.78 Å². The van der Waals surface area contributed by atoms with E-state index in [1.54, 1.807) is 13.2 Å². The molecule has 0 saturated heterocycles. The van der Waals surface area contributed by atoms with Crippen molar-refractivity contribution in [2.45, 2.75) is 19.9 Å². The Labute approximate surface area is 105 Å². The Bertz CT molecular complexity index is 455. The van der Waals surface area contributed by atoms with Gasteiger partial charge in [0.15, 0.2) is 11.6 Å². The van der Waals surface area contributed by atoms with Crippen LogP contribution in [0.1, 0.15) is 19.4 Å². The Morgan fingerprint density at radius 3 is 2.50 bits per heavy atom. The summed E-state index contributed by atoms with van der Waals surface area (Å²) in [4.78, 5) is 0. The zero-order valence-corrected chi connectivity index (χ0v) is 10.6. The lowest BCUT2D eigenvalue weighted by atomic mass is 10.0. The van der Waals surface area contributed by atoms with Gasteiger partial charge in [0.2, 0.25) is 0 Å². The van der Waals surface area contributed by atoms with Gasteiger partial charge in [0.05, 0.1) is 23.9 Å². The summed E-state index contributed by atoms with van der Waals surface area (Å²) in [6.45, 7) is 4.29. The number of hydrogen-bond donors (Lipinski definition) is 1. The van der Waals surface area contributed by atoms with Crippen LogP contribution in [0.2, 0.25) is 0 Å². The minimum atomic E-state index is -1.12. The molecule has 0 aromatic heterocycles. The maximum absolute atomic E-state index is 13.7. The molecule has 0 aliphatic carbocycles. The van der Waals surface area contributed by atoms with Gasteiger partial charge >= 0.3 is 0 Å². The largest absolute Gasteiger partial charge is 0.383 e. The lowest BCUT2D eigenvalue weighted by molar-refractivity contribution is 0.171. The molecule has 0 heterocycles. The highest BCUT2D eigenvalue weighted by Gasteiger charge is 2.18. The van der Waals surface area contributed by atoms with Gasteiger partial charge in [-0.15, -0.1) is 0 Å². The summed E-state index contributed by atoms with van der Waals surface area (Å²) < 4.78 is 32.1. The quantitative estimate of drug-likeness (QED) is 0.878. The number of nitrogens with zero attached hydrogens (tertiary/aromatic N) is 1. The normalized spacial score (nSPS) is 12.3. The molecule has 0 spiro atoms. The van der Waals surface area contributed by atoms with Crippen LogP contribution in [0, 0.1) is 28.9 Å². The van der Waals surface area contributed by atoms with E-state index < -0.39 is 11.6 Å². The monoisotopic (exact) mass is 254 g/mol. The number of anilines is 1. The number of rotatable bonds is 5. The van der Waals surface area contributed by atoms with Crippen LogP contribution in [0.4, 0.5) is 14.5 Å². The molecule has 5 heteroatoms. The summed E-state index contributed by atoms with van der Waals surface area (Å²) in [5, 5.41) is 11.5. The zero-order chi connectivity index (χ0) is 13.7. The Morgan fingerprint density at radius 1 is 1.33 bits per heavy atom. The predicted molar refractivity (Wildman–Crippen MR) is 65.2 cm³/mol. The summed E-state index contributed by atoms with van der Waals surface area (Å²) in [6, 6.07) is 4.09. The summed E-state index contributed by atoms with van der Waals surface area (Å²) in [7, 11) is 1.55. The molecule has 18 heavy (non-hydrogen) atoms. The molecule has 1 unspecified atom stereocenters. The second-order valence-electron chi connectivity index (χ2n) is 4.35. The van der Waals surface area contributed by atoms with Crippen molar-refractivity contribution in [3.05, 3.63) is 29.3 Å². The fraction of sp³-hybridized carbons (Fsp3) is 0.462. The zero-order valence-electron chi connectivity index (χ0n) is 10.6. The Balaban J connectivity index is 2.97. The molecule has 0 saturated carbocycles. The summed E-state index contributed by atoms with van der Waals surface area (Å²) in [5.41, 5.74) is -0.256. The molecule has 3 nitrogen and oxygen atoms in total. The third-order valence-corrected chi connectivity index (χ3v) is 2.69. The van der Waals surface area contributed by atoms with E-state index in [2.05, 4.69) is 5.32 Å². The molecule has 0 amide bonds. The van der Waals surface area contributed by atoms with Crippen LogP contribution in [-0.4, -0.2) is 19.8 Å². The van der Waals surface area contributed by atoms with Gasteiger partial charge in [-0.3, -0.25) is 0 Å². The molecule has 0 bridgehead atoms. The third kappa shape index (κ3) is 3.17. The first-order chi connectivity index (χ1) is 8.51. The maximum atomic E-state index is 13.7. The highest BCUT2D eigenvalue weighted by atomic mass is 19.2. The second-order valence-corrected chi connectivity index (χ2v) is 4.35. The number of halogens is 2. The van der Waals surface area contributed by atoms with Crippen molar-refractivity contribution in [1.82, 2.24) is 0 Å². The van der Waals surface area contributed by atoms with E-state index in [0.29, 0.717) is 6.61 Å². The van der Waals surface area contributed by atoms with Gasteiger partial charge in [0.25, 0.3) is 0 Å². The molecule has 98 valence electrons. The van der Waals surface area contributed by atoms with E-state index in [4.69, 9.17) is 10.00 Å². The number of benzene rings is 1. The van der Waals surface area contributed by atoms with E-state index in [9.17, 15) is 8.78 Å². The molecular weight excluding hydrogens is 238 g/mol. The number of nitriles is 1. The number of methoxy groups -OCH3 is 1. The van der Waals surface area contributed by atoms with Crippen molar-refractivity contribution in [1.29, 1.82) is 5.26 Å². The Morgan fingerprint density at radius 2 is 2.00 bits per heavy atom. The molecule has 0 radical (unpaired) electrons. The van der Waals surface area contributed by atoms with E-state index >= 15 is 0 Å². The van der Waals surface area contributed by atoms with E-state index in [0.717, 1.165) is 0 Å². The van der Waals surface area contributed by atoms with E-state index in [-0.39, 0.29) is 23.2 Å². The fourth-order valence-electron chi connectivity index (χ4n) is 1.53. The summed E-state index contributed by atoms with van der Waals surface area (Å²) in [5.74, 6) is -1.96. The molecular formula is C13H16F2N2O. The lowest BCUT2D eigenvalue weighted by Gasteiger charge is -2.23. The summed E-state index contributed by atoms with van der Waals surface area (Å²) >= 11 is 0. The Kier molecular flexibility index (Phi) is 5.05. The van der Waals surface area contributed by atoms with Crippen LogP contribution in [-0.2, 0) is 4.74 Å². The molecule has 1 rings (SSSR count). The van der Waals surface area contributed by atoms with Gasteiger partial charge < -0.3 is 10.1 Å². The van der Waals surface area contributed by atoms with Gasteiger partial charge in [-0.1, -0.05) is 13.8 Å². The highest BCUT2D eigenvalue weighted by Crippen LogP contribution is 2.22. The van der Waals surface area contributed by atoms with Crippen molar-refractivity contribution in [2.75, 3.05) is 19.0 Å². The van der Waals surface area contributed by atoms with E-state index in [1.807, 2.05) is 13.8 Å². The maximum Gasteiger partial charge on any atom is 0.183 e. The average Bonchev–Trinajstić information content (AvgIpc) is 2.34. The molecule has 1 aromatic rings. The first-order valence-corrected chi connectivity index (χ1v) is 5.64. The van der Waals surface area contributed by atoms with Crippen molar-refractivity contribution < 1.29 is 13.5 Å². The van der Waals surface area contributed by atoms with Gasteiger partial charge in [-0.05, 0) is 18.1 Å². The molecule has 1 aromatic carbocycles. The van der Waals surface area contributed by atoms with Crippen LogP contribution >= 0.6 is 0 Å². The predicted octanol–water partition coefficient (Wildman–Crippen LogP) is 2.92. The molecule has 1 atom stereocenters. The van der Waals surface area contributed by atoms with Gasteiger partial charge in [0, 0.05) is 7.11 Å². The number of nitrogens with one attached hydrogen (secondary N) is 1. The highest BCUT2D eigenvalue weighted by molar-refractivity contribution is 5.50. The standard InChI is InChI=1S/C13H16F2N2O/c1-8(2)11(7-18-3)17-10-5-4-9(6-16)12(14)13(10)15/h4-5,8,11,17H,7H2,1-3H3. The third-order valence-electron chi connectivity index (χ3n) is 2.69. The van der Waals surface area contributed by atoms with Crippen LogP contribution in [0.25, 0.3) is 0 Å². The topological polar surface area (TPSA) is 45.0 Å². The minimum absolute atomic E-state index is 0.0437. The van der Waals surface area contributed by atoms with Crippen molar-refractivity contribution in [3.63, 3.8) is 0 Å². The van der Waals surface area contributed by atoms with Crippen LogP contribution in [0.3, 0.4) is 0 Å². The van der Waals surface area contributed by atoms with Crippen LogP contribution in [0.5, 0.6) is 0 Å². The van der Waals surface area contributed by atoms with Gasteiger partial charge in [-0.2, -0.15) is 5.26 Å². The summed E-state index contributed by atoms with van der Waals surface area (Å²) in [6.07, 6.45) is 0. The van der Waals surface area contributed by atoms with Crippen molar-refractivity contribution >= 4 is 5.69 Å². The van der Waals surface area contributed by atoms with Gasteiger partial charge in [0.1, 0.15) is 6.07 Å². The van der Waals surface area contributed by atoms with E-state index in [1.165, 1.54) is 12.1 Å². The average molecular weight is 254 g/mol. The van der Waals surface area contributed by atoms with Crippen molar-refractivity contribution in [2.24, 2.45) is 5.92 Å². The first kappa shape index (κ1) is 14.4. The lowest BCUT2D eigenvalue weighted by Crippen LogP contribution is -2.31. The first-order valence-electron chi connectivity index (χ1n) is 5.64. The number of ether oxygens (including phenoxy) is 1. The number of hydrogen-bond acceptors (Lipinski definition) is 3. The second kappa shape index (κ2) is 6.31. The SMILES string of the molecule is COCC(Nc1ccc(C#N)c(F)c1F)C(C)C. The minimum Gasteiger partial charge on any atom is -0.383 e.